The van der Waals surface area contributed by atoms with Gasteiger partial charge in [0.25, 0.3) is 0 Å². The lowest BCUT2D eigenvalue weighted by Crippen LogP contribution is -2.33. The third-order valence-corrected chi connectivity index (χ3v) is 6.21. The lowest BCUT2D eigenvalue weighted by Gasteiger charge is -2.30. The second-order valence-electron chi connectivity index (χ2n) is 8.40. The van der Waals surface area contributed by atoms with Gasteiger partial charge in [0.1, 0.15) is 17.4 Å². The van der Waals surface area contributed by atoms with Crippen LogP contribution in [0, 0.1) is 32.4 Å². The highest BCUT2D eigenvalue weighted by atomic mass is 35.5. The summed E-state index contributed by atoms with van der Waals surface area (Å²) < 4.78 is 36.1. The largest absolute Gasteiger partial charge is 0.374 e. The number of rotatable bonds is 4. The van der Waals surface area contributed by atoms with E-state index in [2.05, 4.69) is 20.1 Å². The van der Waals surface area contributed by atoms with Crippen LogP contribution in [0.5, 0.6) is 0 Å². The summed E-state index contributed by atoms with van der Waals surface area (Å²) in [7, 11) is 0. The third-order valence-electron chi connectivity index (χ3n) is 5.98. The number of pyridine rings is 1. The molecule has 1 atom stereocenters. The van der Waals surface area contributed by atoms with Crippen LogP contribution in [-0.4, -0.2) is 25.2 Å². The molecule has 1 unspecified atom stereocenters. The molecule has 0 aliphatic rings. The number of hydrogen-bond acceptors (Lipinski definition) is 5. The van der Waals surface area contributed by atoms with Crippen molar-refractivity contribution in [1.29, 1.82) is 0 Å². The topological polar surface area (TPSA) is 108 Å². The van der Waals surface area contributed by atoms with Crippen LogP contribution >= 0.6 is 11.6 Å². The van der Waals surface area contributed by atoms with Gasteiger partial charge < -0.3 is 19.6 Å². The second-order valence-corrected chi connectivity index (χ2v) is 8.84. The quantitative estimate of drug-likeness (QED) is 0.323. The van der Waals surface area contributed by atoms with Gasteiger partial charge in [-0.2, -0.15) is 0 Å². The van der Waals surface area contributed by atoms with Crippen LogP contribution in [0.15, 0.2) is 51.9 Å². The van der Waals surface area contributed by atoms with E-state index >= 15 is 8.78 Å². The van der Waals surface area contributed by atoms with Gasteiger partial charge in [0.15, 0.2) is 5.60 Å². The number of benzene rings is 2. The van der Waals surface area contributed by atoms with E-state index in [0.29, 0.717) is 33.7 Å². The molecule has 0 aliphatic heterocycles. The molecule has 0 fully saturated rings. The number of halogens is 3. The molecule has 3 aromatic heterocycles. The molecule has 0 aliphatic carbocycles. The summed E-state index contributed by atoms with van der Waals surface area (Å²) in [6, 6.07) is 8.27. The van der Waals surface area contributed by atoms with Gasteiger partial charge >= 0.3 is 5.69 Å². The average Bonchev–Trinajstić information content (AvgIpc) is 3.32. The predicted octanol–water partition coefficient (Wildman–Crippen LogP) is 5.05. The smallest absolute Gasteiger partial charge is 0.323 e. The highest BCUT2D eigenvalue weighted by Gasteiger charge is 2.42. The van der Waals surface area contributed by atoms with Gasteiger partial charge in [0.2, 0.25) is 0 Å². The molecule has 178 valence electrons. The van der Waals surface area contributed by atoms with Gasteiger partial charge in [-0.3, -0.25) is 4.98 Å². The number of aromatic nitrogens is 4. The third kappa shape index (κ3) is 3.64. The summed E-state index contributed by atoms with van der Waals surface area (Å²) in [6.07, 6.45) is 1.26. The Morgan fingerprint density at radius 3 is 2.37 bits per heavy atom. The Morgan fingerprint density at radius 1 is 1.06 bits per heavy atom. The molecule has 3 heterocycles. The Morgan fingerprint density at radius 2 is 1.77 bits per heavy atom. The van der Waals surface area contributed by atoms with Gasteiger partial charge in [-0.1, -0.05) is 16.8 Å². The summed E-state index contributed by atoms with van der Waals surface area (Å²) in [4.78, 5) is 21.8. The molecule has 3 N–H and O–H groups in total. The summed E-state index contributed by atoms with van der Waals surface area (Å²) in [5.41, 5.74) is -1.26. The Hall–Kier alpha value is -3.82. The molecule has 0 radical (unpaired) electrons. The van der Waals surface area contributed by atoms with E-state index in [0.717, 1.165) is 12.1 Å². The van der Waals surface area contributed by atoms with Gasteiger partial charge in [0, 0.05) is 17.3 Å². The number of aliphatic hydroxyl groups is 1. The van der Waals surface area contributed by atoms with E-state index in [1.165, 1.54) is 31.3 Å². The van der Waals surface area contributed by atoms with Gasteiger partial charge in [-0.25, -0.2) is 13.6 Å². The lowest BCUT2D eigenvalue weighted by atomic mass is 9.80. The summed E-state index contributed by atoms with van der Waals surface area (Å²) in [5, 5.41) is 16.5. The fourth-order valence-corrected chi connectivity index (χ4v) is 4.62. The van der Waals surface area contributed by atoms with Crippen molar-refractivity contribution in [3.63, 3.8) is 0 Å². The normalized spacial score (nSPS) is 13.3. The van der Waals surface area contributed by atoms with Crippen LogP contribution in [0.1, 0.15) is 33.8 Å². The molecule has 0 saturated carbocycles. The van der Waals surface area contributed by atoms with Gasteiger partial charge in [0.05, 0.1) is 33.0 Å². The van der Waals surface area contributed by atoms with Gasteiger partial charge in [-0.15, -0.1) is 0 Å². The standard InChI is InChI=1S/C25H19ClF2N4O3/c1-11-6-17(27)22(18(28)7-11)25(34,20-5-4-15(26)10-29-20)16-8-14(21-12(2)32-35-13(21)3)9-19-23(16)31-24(33)30-19/h4-10,34H,1-3H3,(H2,30,31,33). The molecule has 35 heavy (non-hydrogen) atoms. The Kier molecular flexibility index (Phi) is 5.34. The lowest BCUT2D eigenvalue weighted by molar-refractivity contribution is 0.113. The van der Waals surface area contributed by atoms with Crippen molar-refractivity contribution in [2.45, 2.75) is 26.4 Å². The SMILES string of the molecule is Cc1cc(F)c(C(O)(c2ccc(Cl)cn2)c2cc(-c3c(C)noc3C)cc3[nH]c(=O)[nH]c23)c(F)c1. The number of nitrogens with zero attached hydrogens (tertiary/aromatic N) is 2. The Balaban J connectivity index is 1.94. The van der Waals surface area contributed by atoms with Crippen LogP contribution in [0.25, 0.3) is 22.2 Å². The first kappa shape index (κ1) is 22.9. The maximum absolute atomic E-state index is 15.4. The van der Waals surface area contributed by atoms with E-state index in [9.17, 15) is 9.90 Å². The molecule has 5 rings (SSSR count). The Labute approximate surface area is 202 Å². The number of imidazole rings is 1. The molecule has 0 saturated heterocycles. The van der Waals surface area contributed by atoms with Crippen LogP contribution < -0.4 is 5.69 Å². The number of H-pyrrole nitrogens is 2. The number of aryl methyl sites for hydroxylation is 3. The maximum Gasteiger partial charge on any atom is 0.323 e. The zero-order valence-corrected chi connectivity index (χ0v) is 19.6. The van der Waals surface area contributed by atoms with Crippen LogP contribution in [0.4, 0.5) is 8.78 Å². The highest BCUT2D eigenvalue weighted by Crippen LogP contribution is 2.43. The predicted molar refractivity (Wildman–Crippen MR) is 126 cm³/mol. The summed E-state index contributed by atoms with van der Waals surface area (Å²) in [6.45, 7) is 4.99. The minimum atomic E-state index is -2.45. The zero-order chi connectivity index (χ0) is 25.1. The van der Waals surface area contributed by atoms with Crippen molar-refractivity contribution in [3.8, 4) is 11.1 Å². The fraction of sp³-hybridized carbons (Fsp3) is 0.160. The van der Waals surface area contributed by atoms with E-state index in [4.69, 9.17) is 16.1 Å². The van der Waals surface area contributed by atoms with Crippen molar-refractivity contribution in [1.82, 2.24) is 20.1 Å². The molecule has 7 nitrogen and oxygen atoms in total. The fourth-order valence-electron chi connectivity index (χ4n) is 4.50. The van der Waals surface area contributed by atoms with E-state index in [1.54, 1.807) is 19.9 Å². The van der Waals surface area contributed by atoms with Gasteiger partial charge in [-0.05, 0) is 68.3 Å². The maximum atomic E-state index is 15.4. The first-order valence-electron chi connectivity index (χ1n) is 10.6. The molecule has 10 heteroatoms. The van der Waals surface area contributed by atoms with Crippen LogP contribution in [-0.2, 0) is 5.60 Å². The van der Waals surface area contributed by atoms with E-state index in [1.807, 2.05) is 0 Å². The van der Waals surface area contributed by atoms with Crippen molar-refractivity contribution in [2.24, 2.45) is 0 Å². The highest BCUT2D eigenvalue weighted by molar-refractivity contribution is 6.30. The first-order valence-corrected chi connectivity index (χ1v) is 11.0. The number of fused-ring (bicyclic) bond motifs is 1. The molecular weight excluding hydrogens is 478 g/mol. The number of nitrogens with one attached hydrogen (secondary N) is 2. The zero-order valence-electron chi connectivity index (χ0n) is 18.8. The van der Waals surface area contributed by atoms with Crippen molar-refractivity contribution in [3.05, 3.63) is 104 Å². The first-order chi connectivity index (χ1) is 16.6. The van der Waals surface area contributed by atoms with E-state index < -0.39 is 28.5 Å². The summed E-state index contributed by atoms with van der Waals surface area (Å²) in [5.74, 6) is -1.46. The monoisotopic (exact) mass is 496 g/mol. The number of aromatic amines is 2. The molecule has 0 amide bonds. The van der Waals surface area contributed by atoms with E-state index in [-0.39, 0.29) is 21.8 Å². The molecule has 0 spiro atoms. The minimum Gasteiger partial charge on any atom is -0.374 e. The molecule has 2 aromatic carbocycles. The molecule has 0 bridgehead atoms. The number of hydrogen-bond donors (Lipinski definition) is 3. The Bertz CT molecular complexity index is 1610. The van der Waals surface area contributed by atoms with Crippen molar-refractivity contribution >= 4 is 22.6 Å². The average molecular weight is 497 g/mol. The van der Waals surface area contributed by atoms with Crippen LogP contribution in [0.2, 0.25) is 5.02 Å². The van der Waals surface area contributed by atoms with Crippen LogP contribution in [0.3, 0.4) is 0 Å². The van der Waals surface area contributed by atoms with Crippen molar-refractivity contribution < 1.29 is 18.4 Å². The molecular formula is C25H19ClF2N4O3. The second kappa shape index (κ2) is 8.14. The molecule has 5 aromatic rings. The minimum absolute atomic E-state index is 0.000162. The summed E-state index contributed by atoms with van der Waals surface area (Å²) >= 11 is 6.00. The van der Waals surface area contributed by atoms with Crippen molar-refractivity contribution in [2.75, 3.05) is 0 Å².